The number of hydrogen-bond acceptors (Lipinski definition) is 4. The molecule has 3 aromatic rings. The smallest absolute Gasteiger partial charge is 0.331 e. The standard InChI is InChI=1S/C25H25NO4/c1-18(25(28)26(2)17-20-7-5-4-6-8-20)30-24(27)14-10-19-9-11-22-16-23(29-3)13-12-21(22)15-19/h4-16,18H,17H2,1-3H3/b14-10+/t18-/m0/s1. The lowest BCUT2D eigenvalue weighted by Gasteiger charge is -2.21. The van der Waals surface area contributed by atoms with Crippen LogP contribution in [0.2, 0.25) is 0 Å². The molecule has 0 radical (unpaired) electrons. The molecule has 0 fully saturated rings. The maximum atomic E-state index is 12.5. The fourth-order valence-corrected chi connectivity index (χ4v) is 3.15. The summed E-state index contributed by atoms with van der Waals surface area (Å²) in [6.07, 6.45) is 2.16. The summed E-state index contributed by atoms with van der Waals surface area (Å²) in [6, 6.07) is 21.3. The lowest BCUT2D eigenvalue weighted by atomic mass is 10.1. The minimum absolute atomic E-state index is 0.250. The largest absolute Gasteiger partial charge is 0.497 e. The predicted molar refractivity (Wildman–Crippen MR) is 118 cm³/mol. The van der Waals surface area contributed by atoms with Gasteiger partial charge in [0, 0.05) is 19.7 Å². The quantitative estimate of drug-likeness (QED) is 0.432. The van der Waals surface area contributed by atoms with Crippen LogP contribution in [0.25, 0.3) is 16.8 Å². The summed E-state index contributed by atoms with van der Waals surface area (Å²) in [7, 11) is 3.33. The topological polar surface area (TPSA) is 55.8 Å². The van der Waals surface area contributed by atoms with Crippen molar-refractivity contribution in [1.29, 1.82) is 0 Å². The summed E-state index contributed by atoms with van der Waals surface area (Å²) in [5.41, 5.74) is 1.88. The minimum atomic E-state index is -0.861. The van der Waals surface area contributed by atoms with E-state index in [2.05, 4.69) is 0 Å². The van der Waals surface area contributed by atoms with E-state index >= 15 is 0 Å². The fourth-order valence-electron chi connectivity index (χ4n) is 3.15. The van der Waals surface area contributed by atoms with Gasteiger partial charge >= 0.3 is 5.97 Å². The molecule has 3 aromatic carbocycles. The molecule has 0 bridgehead atoms. The molecule has 30 heavy (non-hydrogen) atoms. The Kier molecular flexibility index (Phi) is 6.86. The maximum Gasteiger partial charge on any atom is 0.331 e. The molecule has 3 rings (SSSR count). The Labute approximate surface area is 176 Å². The van der Waals surface area contributed by atoms with Crippen molar-refractivity contribution in [1.82, 2.24) is 4.90 Å². The molecule has 1 atom stereocenters. The Morgan fingerprint density at radius 2 is 1.70 bits per heavy atom. The number of likely N-dealkylation sites (N-methyl/N-ethyl adjacent to an activating group) is 1. The van der Waals surface area contributed by atoms with Crippen LogP contribution in [0.4, 0.5) is 0 Å². The Morgan fingerprint density at radius 1 is 1.00 bits per heavy atom. The zero-order chi connectivity index (χ0) is 21.5. The van der Waals surface area contributed by atoms with Gasteiger partial charge < -0.3 is 14.4 Å². The molecule has 1 amide bonds. The van der Waals surface area contributed by atoms with Crippen LogP contribution in [0.15, 0.2) is 72.8 Å². The van der Waals surface area contributed by atoms with Crippen molar-refractivity contribution in [3.63, 3.8) is 0 Å². The first kappa shape index (κ1) is 21.1. The maximum absolute atomic E-state index is 12.5. The lowest BCUT2D eigenvalue weighted by Crippen LogP contribution is -2.36. The van der Waals surface area contributed by atoms with Crippen LogP contribution in [0.3, 0.4) is 0 Å². The van der Waals surface area contributed by atoms with E-state index in [1.165, 1.54) is 6.08 Å². The van der Waals surface area contributed by atoms with E-state index in [0.29, 0.717) is 6.54 Å². The van der Waals surface area contributed by atoms with Crippen molar-refractivity contribution in [2.24, 2.45) is 0 Å². The molecular formula is C25H25NO4. The molecule has 5 heteroatoms. The van der Waals surface area contributed by atoms with Gasteiger partial charge in [0.25, 0.3) is 5.91 Å². The van der Waals surface area contributed by atoms with Crippen LogP contribution >= 0.6 is 0 Å². The van der Waals surface area contributed by atoms with Gasteiger partial charge in [-0.2, -0.15) is 0 Å². The third kappa shape index (κ3) is 5.47. The molecule has 0 saturated heterocycles. The number of carbonyl (C=O) groups is 2. The van der Waals surface area contributed by atoms with E-state index in [0.717, 1.165) is 27.6 Å². The van der Waals surface area contributed by atoms with E-state index in [4.69, 9.17) is 9.47 Å². The Balaban J connectivity index is 1.58. The average Bonchev–Trinajstić information content (AvgIpc) is 2.77. The summed E-state index contributed by atoms with van der Waals surface area (Å²) in [6.45, 7) is 2.04. The second-order valence-corrected chi connectivity index (χ2v) is 7.06. The number of hydrogen-bond donors (Lipinski definition) is 0. The average molecular weight is 403 g/mol. The summed E-state index contributed by atoms with van der Waals surface area (Å²) in [5, 5.41) is 2.09. The van der Waals surface area contributed by atoms with Crippen LogP contribution in [0.5, 0.6) is 5.75 Å². The third-order valence-electron chi connectivity index (χ3n) is 4.76. The van der Waals surface area contributed by atoms with E-state index in [1.807, 2.05) is 66.7 Å². The molecule has 5 nitrogen and oxygen atoms in total. The van der Waals surface area contributed by atoms with Crippen molar-refractivity contribution in [3.05, 3.63) is 83.9 Å². The van der Waals surface area contributed by atoms with E-state index in [9.17, 15) is 9.59 Å². The van der Waals surface area contributed by atoms with Crippen molar-refractivity contribution in [2.75, 3.05) is 14.2 Å². The SMILES string of the molecule is COc1ccc2cc(/C=C/C(=O)O[C@@H](C)C(=O)N(C)Cc3ccccc3)ccc2c1. The number of methoxy groups -OCH3 is 1. The van der Waals surface area contributed by atoms with Crippen LogP contribution in [-0.2, 0) is 20.9 Å². The fraction of sp³-hybridized carbons (Fsp3) is 0.200. The highest BCUT2D eigenvalue weighted by Gasteiger charge is 2.20. The first-order valence-corrected chi connectivity index (χ1v) is 9.71. The highest BCUT2D eigenvalue weighted by molar-refractivity contribution is 5.92. The van der Waals surface area contributed by atoms with Gasteiger partial charge in [0.2, 0.25) is 0 Å². The van der Waals surface area contributed by atoms with Gasteiger partial charge in [0.1, 0.15) is 5.75 Å². The molecular weight excluding hydrogens is 378 g/mol. The zero-order valence-corrected chi connectivity index (χ0v) is 17.4. The van der Waals surface area contributed by atoms with Crippen molar-refractivity contribution in [3.8, 4) is 5.75 Å². The number of fused-ring (bicyclic) bond motifs is 1. The normalized spacial score (nSPS) is 12.0. The summed E-state index contributed by atoms with van der Waals surface area (Å²) >= 11 is 0. The molecule has 0 saturated carbocycles. The van der Waals surface area contributed by atoms with Gasteiger partial charge in [0.05, 0.1) is 7.11 Å². The number of ether oxygens (including phenoxy) is 2. The molecule has 0 aromatic heterocycles. The number of carbonyl (C=O) groups excluding carboxylic acids is 2. The number of amides is 1. The van der Waals surface area contributed by atoms with Crippen LogP contribution < -0.4 is 4.74 Å². The van der Waals surface area contributed by atoms with Crippen molar-refractivity contribution >= 4 is 28.7 Å². The molecule has 0 N–H and O–H groups in total. The molecule has 0 aliphatic rings. The minimum Gasteiger partial charge on any atom is -0.497 e. The van der Waals surface area contributed by atoms with Crippen LogP contribution in [-0.4, -0.2) is 37.0 Å². The third-order valence-corrected chi connectivity index (χ3v) is 4.76. The number of rotatable bonds is 7. The summed E-state index contributed by atoms with van der Waals surface area (Å²) in [5.74, 6) is -0.00991. The van der Waals surface area contributed by atoms with Gasteiger partial charge in [-0.1, -0.05) is 48.5 Å². The van der Waals surface area contributed by atoms with E-state index in [-0.39, 0.29) is 5.91 Å². The molecule has 0 unspecified atom stereocenters. The Hall–Kier alpha value is -3.60. The van der Waals surface area contributed by atoms with Gasteiger partial charge in [0.15, 0.2) is 6.10 Å². The molecule has 0 aliphatic heterocycles. The number of esters is 1. The first-order chi connectivity index (χ1) is 14.5. The molecule has 154 valence electrons. The van der Waals surface area contributed by atoms with Crippen molar-refractivity contribution in [2.45, 2.75) is 19.6 Å². The van der Waals surface area contributed by atoms with Crippen molar-refractivity contribution < 1.29 is 19.1 Å². The molecule has 0 heterocycles. The lowest BCUT2D eigenvalue weighted by molar-refractivity contribution is -0.154. The summed E-state index contributed by atoms with van der Waals surface area (Å²) < 4.78 is 10.5. The molecule has 0 spiro atoms. The van der Waals surface area contributed by atoms with Gasteiger partial charge in [-0.05, 0) is 53.1 Å². The van der Waals surface area contributed by atoms with E-state index in [1.54, 1.807) is 32.1 Å². The van der Waals surface area contributed by atoms with Crippen LogP contribution in [0.1, 0.15) is 18.1 Å². The zero-order valence-electron chi connectivity index (χ0n) is 17.4. The highest BCUT2D eigenvalue weighted by Crippen LogP contribution is 2.22. The first-order valence-electron chi connectivity index (χ1n) is 9.71. The second-order valence-electron chi connectivity index (χ2n) is 7.06. The van der Waals surface area contributed by atoms with Gasteiger partial charge in [-0.15, -0.1) is 0 Å². The number of benzene rings is 3. The van der Waals surface area contributed by atoms with Gasteiger partial charge in [-0.25, -0.2) is 4.79 Å². The Morgan fingerprint density at radius 3 is 2.43 bits per heavy atom. The summed E-state index contributed by atoms with van der Waals surface area (Å²) in [4.78, 5) is 26.2. The van der Waals surface area contributed by atoms with Gasteiger partial charge in [-0.3, -0.25) is 4.79 Å². The predicted octanol–water partition coefficient (Wildman–Crippen LogP) is 4.45. The van der Waals surface area contributed by atoms with E-state index < -0.39 is 12.1 Å². The van der Waals surface area contributed by atoms with Crippen LogP contribution in [0, 0.1) is 0 Å². The monoisotopic (exact) mass is 403 g/mol. The highest BCUT2D eigenvalue weighted by atomic mass is 16.5. The second kappa shape index (κ2) is 9.74. The Bertz CT molecular complexity index is 1060. The molecule has 0 aliphatic carbocycles. The number of nitrogens with zero attached hydrogens (tertiary/aromatic N) is 1.